The second-order valence-electron chi connectivity index (χ2n) is 5.63. The van der Waals surface area contributed by atoms with E-state index in [1.54, 1.807) is 17.2 Å². The van der Waals surface area contributed by atoms with E-state index in [1.807, 2.05) is 33.1 Å². The average Bonchev–Trinajstić information content (AvgIpc) is 3.04. The molecule has 0 fully saturated rings. The molecule has 23 heavy (non-hydrogen) atoms. The van der Waals surface area contributed by atoms with Crippen molar-refractivity contribution in [2.75, 3.05) is 6.26 Å². The number of H-pyrrole nitrogens is 1. The third kappa shape index (κ3) is 4.04. The minimum Gasteiger partial charge on any atom is -0.467 e. The molecule has 0 saturated heterocycles. The van der Waals surface area contributed by atoms with Crippen LogP contribution >= 0.6 is 11.8 Å². The highest BCUT2D eigenvalue weighted by Gasteiger charge is 2.27. The Balaban J connectivity index is 2.34. The lowest BCUT2D eigenvalue weighted by molar-refractivity contribution is 0.0608. The third-order valence-corrected chi connectivity index (χ3v) is 4.42. The maximum absolute atomic E-state index is 12.9. The van der Waals surface area contributed by atoms with Crippen molar-refractivity contribution >= 4 is 17.7 Å². The molecule has 1 atom stereocenters. The summed E-state index contributed by atoms with van der Waals surface area (Å²) in [5.74, 6) is 0.575. The molecule has 124 valence electrons. The van der Waals surface area contributed by atoms with Crippen LogP contribution < -0.4 is 5.56 Å². The van der Waals surface area contributed by atoms with E-state index < -0.39 is 5.56 Å². The molecule has 2 aromatic heterocycles. The second-order valence-corrected chi connectivity index (χ2v) is 6.43. The Bertz CT molecular complexity index is 710. The number of aromatic nitrogens is 2. The van der Waals surface area contributed by atoms with Crippen LogP contribution in [-0.2, 0) is 6.54 Å². The molecule has 0 spiro atoms. The van der Waals surface area contributed by atoms with Gasteiger partial charge in [0.25, 0.3) is 11.5 Å². The van der Waals surface area contributed by atoms with Crippen molar-refractivity contribution in [3.05, 3.63) is 46.3 Å². The van der Waals surface area contributed by atoms with Gasteiger partial charge in [-0.15, -0.1) is 0 Å². The number of carbonyl (C=O) groups excluding carboxylic acids is 1. The van der Waals surface area contributed by atoms with Gasteiger partial charge < -0.3 is 14.3 Å². The number of nitrogens with zero attached hydrogens (tertiary/aromatic N) is 2. The van der Waals surface area contributed by atoms with Crippen LogP contribution in [0.3, 0.4) is 0 Å². The van der Waals surface area contributed by atoms with Gasteiger partial charge in [0.2, 0.25) is 0 Å². The van der Waals surface area contributed by atoms with E-state index in [-0.39, 0.29) is 23.4 Å². The predicted octanol–water partition coefficient (Wildman–Crippen LogP) is 2.77. The molecule has 2 aromatic rings. The molecule has 0 radical (unpaired) electrons. The molecule has 0 aliphatic carbocycles. The van der Waals surface area contributed by atoms with Crippen LogP contribution in [0.4, 0.5) is 0 Å². The van der Waals surface area contributed by atoms with Crippen molar-refractivity contribution in [1.29, 1.82) is 0 Å². The summed E-state index contributed by atoms with van der Waals surface area (Å²) < 4.78 is 5.35. The van der Waals surface area contributed by atoms with Crippen molar-refractivity contribution in [3.8, 4) is 0 Å². The van der Waals surface area contributed by atoms with Crippen LogP contribution in [-0.4, -0.2) is 33.1 Å². The van der Waals surface area contributed by atoms with Crippen LogP contribution in [0.2, 0.25) is 0 Å². The zero-order chi connectivity index (χ0) is 17.0. The summed E-state index contributed by atoms with van der Waals surface area (Å²) in [6, 6.07) is 3.54. The molecule has 0 aliphatic heterocycles. The number of rotatable bonds is 6. The Labute approximate surface area is 139 Å². The average molecular weight is 335 g/mol. The first kappa shape index (κ1) is 17.3. The third-order valence-electron chi connectivity index (χ3n) is 3.82. The molecule has 7 heteroatoms. The minimum atomic E-state index is -0.422. The lowest BCUT2D eigenvalue weighted by Gasteiger charge is -2.31. The highest BCUT2D eigenvalue weighted by Crippen LogP contribution is 2.17. The SMILES string of the molecule is CSc1ncc(C(=O)N(Cc2ccco2)[C@@H](C)C(C)C)c(=O)[nH]1. The van der Waals surface area contributed by atoms with E-state index >= 15 is 0 Å². The molecule has 2 heterocycles. The zero-order valence-corrected chi connectivity index (χ0v) is 14.5. The number of amides is 1. The first-order valence-electron chi connectivity index (χ1n) is 7.40. The van der Waals surface area contributed by atoms with Crippen molar-refractivity contribution in [3.63, 3.8) is 0 Å². The van der Waals surface area contributed by atoms with Gasteiger partial charge in [-0.05, 0) is 31.2 Å². The minimum absolute atomic E-state index is 0.0434. The fraction of sp³-hybridized carbons (Fsp3) is 0.438. The summed E-state index contributed by atoms with van der Waals surface area (Å²) in [5.41, 5.74) is -0.378. The van der Waals surface area contributed by atoms with E-state index in [2.05, 4.69) is 9.97 Å². The zero-order valence-electron chi connectivity index (χ0n) is 13.7. The standard InChI is InChI=1S/C16H21N3O3S/c1-10(2)11(3)19(9-12-6-5-7-22-12)15(21)13-8-17-16(23-4)18-14(13)20/h5-8,10-11H,9H2,1-4H3,(H,17,18,20)/t11-/m0/s1. The van der Waals surface area contributed by atoms with Crippen LogP contribution in [0.1, 0.15) is 36.9 Å². The van der Waals surface area contributed by atoms with E-state index in [4.69, 9.17) is 4.42 Å². The predicted molar refractivity (Wildman–Crippen MR) is 89.5 cm³/mol. The Morgan fingerprint density at radius 1 is 1.43 bits per heavy atom. The quantitative estimate of drug-likeness (QED) is 0.648. The Hall–Kier alpha value is -2.02. The summed E-state index contributed by atoms with van der Waals surface area (Å²) >= 11 is 1.32. The second kappa shape index (κ2) is 7.50. The van der Waals surface area contributed by atoms with Crippen molar-refractivity contribution in [2.45, 2.75) is 38.5 Å². The molecular weight excluding hydrogens is 314 g/mol. The Kier molecular flexibility index (Phi) is 5.65. The molecule has 0 saturated carbocycles. The molecule has 6 nitrogen and oxygen atoms in total. The van der Waals surface area contributed by atoms with Gasteiger partial charge in [-0.25, -0.2) is 4.98 Å². The molecule has 0 aromatic carbocycles. The van der Waals surface area contributed by atoms with Crippen LogP contribution in [0.25, 0.3) is 0 Å². The van der Waals surface area contributed by atoms with Gasteiger partial charge in [0.1, 0.15) is 11.3 Å². The van der Waals surface area contributed by atoms with E-state index in [0.717, 1.165) is 0 Å². The van der Waals surface area contributed by atoms with Gasteiger partial charge in [-0.2, -0.15) is 0 Å². The van der Waals surface area contributed by atoms with Crippen molar-refractivity contribution in [1.82, 2.24) is 14.9 Å². The molecule has 0 bridgehead atoms. The largest absolute Gasteiger partial charge is 0.467 e. The highest BCUT2D eigenvalue weighted by atomic mass is 32.2. The van der Waals surface area contributed by atoms with Gasteiger partial charge >= 0.3 is 0 Å². The molecular formula is C16H21N3O3S. The summed E-state index contributed by atoms with van der Waals surface area (Å²) in [6.07, 6.45) is 4.72. The number of hydrogen-bond acceptors (Lipinski definition) is 5. The molecule has 2 rings (SSSR count). The van der Waals surface area contributed by atoms with Gasteiger partial charge in [0, 0.05) is 12.2 Å². The summed E-state index contributed by atoms with van der Waals surface area (Å²) in [5, 5.41) is 0.487. The molecule has 0 unspecified atom stereocenters. The fourth-order valence-electron chi connectivity index (χ4n) is 2.12. The van der Waals surface area contributed by atoms with Crippen LogP contribution in [0, 0.1) is 5.92 Å². The maximum atomic E-state index is 12.9. The number of carbonyl (C=O) groups is 1. The van der Waals surface area contributed by atoms with E-state index in [1.165, 1.54) is 18.0 Å². The van der Waals surface area contributed by atoms with E-state index in [0.29, 0.717) is 17.5 Å². The van der Waals surface area contributed by atoms with Crippen LogP contribution in [0.5, 0.6) is 0 Å². The number of furan rings is 1. The Morgan fingerprint density at radius 2 is 2.17 bits per heavy atom. The summed E-state index contributed by atoms with van der Waals surface area (Å²) in [7, 11) is 0. The monoisotopic (exact) mass is 335 g/mol. The molecule has 1 N–H and O–H groups in total. The smallest absolute Gasteiger partial charge is 0.264 e. The van der Waals surface area contributed by atoms with Gasteiger partial charge in [0.15, 0.2) is 5.16 Å². The van der Waals surface area contributed by atoms with Gasteiger partial charge in [0.05, 0.1) is 12.8 Å². The molecule has 1 amide bonds. The fourth-order valence-corrected chi connectivity index (χ4v) is 2.47. The maximum Gasteiger partial charge on any atom is 0.264 e. The lowest BCUT2D eigenvalue weighted by atomic mass is 10.0. The first-order valence-corrected chi connectivity index (χ1v) is 8.63. The van der Waals surface area contributed by atoms with E-state index in [9.17, 15) is 9.59 Å². The molecule has 0 aliphatic rings. The first-order chi connectivity index (χ1) is 10.9. The lowest BCUT2D eigenvalue weighted by Crippen LogP contribution is -2.43. The Morgan fingerprint density at radius 3 is 2.70 bits per heavy atom. The number of thioether (sulfide) groups is 1. The van der Waals surface area contributed by atoms with Crippen molar-refractivity contribution in [2.24, 2.45) is 5.92 Å². The van der Waals surface area contributed by atoms with Gasteiger partial charge in [-0.1, -0.05) is 25.6 Å². The number of nitrogens with one attached hydrogen (secondary N) is 1. The normalized spacial score (nSPS) is 12.4. The highest BCUT2D eigenvalue weighted by molar-refractivity contribution is 7.98. The van der Waals surface area contributed by atoms with Crippen LogP contribution in [0.15, 0.2) is 39.0 Å². The number of aromatic amines is 1. The number of hydrogen-bond donors (Lipinski definition) is 1. The summed E-state index contributed by atoms with van der Waals surface area (Å²) in [6.45, 7) is 6.34. The summed E-state index contributed by atoms with van der Waals surface area (Å²) in [4.78, 5) is 33.4. The topological polar surface area (TPSA) is 79.2 Å². The van der Waals surface area contributed by atoms with Gasteiger partial charge in [-0.3, -0.25) is 9.59 Å². The van der Waals surface area contributed by atoms with Crippen molar-refractivity contribution < 1.29 is 9.21 Å².